The van der Waals surface area contributed by atoms with Crippen LogP contribution in [0.1, 0.15) is 12.5 Å². The average molecular weight is 255 g/mol. The molecule has 1 amide bonds. The molecule has 1 aromatic carbocycles. The quantitative estimate of drug-likeness (QED) is 0.770. The molecule has 16 heavy (non-hydrogen) atoms. The number of carbonyl (C=O) groups excluding carboxylic acids is 1. The van der Waals surface area contributed by atoms with E-state index in [1.165, 1.54) is 0 Å². The van der Waals surface area contributed by atoms with Crippen LogP contribution >= 0.6 is 23.2 Å². The van der Waals surface area contributed by atoms with E-state index in [9.17, 15) is 4.79 Å². The smallest absolute Gasteiger partial charge is 0.267 e. The standard InChI is InChI=1S/C11H8Cl2N2O/c1-6-9(11(16)15-14-6)4-7-2-3-8(12)5-10(7)13/h2-5H,1H3,(H,15,16)/b9-4-. The van der Waals surface area contributed by atoms with Gasteiger partial charge in [-0.15, -0.1) is 0 Å². The Labute approximate surface area is 103 Å². The number of amides is 1. The lowest BCUT2D eigenvalue weighted by molar-refractivity contribution is -0.116. The summed E-state index contributed by atoms with van der Waals surface area (Å²) in [6.45, 7) is 1.76. The third-order valence-electron chi connectivity index (χ3n) is 2.22. The predicted molar refractivity (Wildman–Crippen MR) is 65.7 cm³/mol. The van der Waals surface area contributed by atoms with E-state index in [-0.39, 0.29) is 5.91 Å². The van der Waals surface area contributed by atoms with Crippen LogP contribution < -0.4 is 5.43 Å². The maximum atomic E-state index is 11.4. The fraction of sp³-hybridized carbons (Fsp3) is 0.0909. The van der Waals surface area contributed by atoms with E-state index in [1.807, 2.05) is 0 Å². The van der Waals surface area contributed by atoms with Crippen molar-refractivity contribution in [1.29, 1.82) is 0 Å². The molecule has 0 fully saturated rings. The highest BCUT2D eigenvalue weighted by Gasteiger charge is 2.18. The molecule has 3 nitrogen and oxygen atoms in total. The van der Waals surface area contributed by atoms with Crippen molar-refractivity contribution in [2.75, 3.05) is 0 Å². The van der Waals surface area contributed by atoms with Gasteiger partial charge in [0.05, 0.1) is 11.3 Å². The molecule has 1 heterocycles. The first-order valence-corrected chi connectivity index (χ1v) is 5.35. The van der Waals surface area contributed by atoms with Crippen molar-refractivity contribution < 1.29 is 4.79 Å². The summed E-state index contributed by atoms with van der Waals surface area (Å²) >= 11 is 11.8. The Morgan fingerprint density at radius 3 is 2.69 bits per heavy atom. The van der Waals surface area contributed by atoms with Crippen LogP contribution in [0, 0.1) is 0 Å². The molecule has 0 aliphatic carbocycles. The fourth-order valence-electron chi connectivity index (χ4n) is 1.36. The zero-order chi connectivity index (χ0) is 11.7. The number of nitrogens with zero attached hydrogens (tertiary/aromatic N) is 1. The van der Waals surface area contributed by atoms with Gasteiger partial charge in [0.2, 0.25) is 0 Å². The van der Waals surface area contributed by atoms with Crippen LogP contribution in [0.5, 0.6) is 0 Å². The van der Waals surface area contributed by atoms with E-state index in [0.29, 0.717) is 21.3 Å². The topological polar surface area (TPSA) is 41.5 Å². The highest BCUT2D eigenvalue weighted by atomic mass is 35.5. The van der Waals surface area contributed by atoms with Gasteiger partial charge in [0, 0.05) is 10.0 Å². The summed E-state index contributed by atoms with van der Waals surface area (Å²) in [6.07, 6.45) is 1.69. The lowest BCUT2D eigenvalue weighted by Gasteiger charge is -2.00. The minimum absolute atomic E-state index is 0.219. The largest absolute Gasteiger partial charge is 0.273 e. The molecule has 0 spiro atoms. The van der Waals surface area contributed by atoms with Crippen molar-refractivity contribution in [3.63, 3.8) is 0 Å². The van der Waals surface area contributed by atoms with Crippen LogP contribution in [-0.2, 0) is 4.79 Å². The zero-order valence-corrected chi connectivity index (χ0v) is 9.93. The Balaban J connectivity index is 2.43. The highest BCUT2D eigenvalue weighted by Crippen LogP contribution is 2.24. The molecule has 5 heteroatoms. The van der Waals surface area contributed by atoms with E-state index in [2.05, 4.69) is 10.5 Å². The molecule has 0 saturated carbocycles. The van der Waals surface area contributed by atoms with E-state index < -0.39 is 0 Å². The van der Waals surface area contributed by atoms with Gasteiger partial charge < -0.3 is 0 Å². The van der Waals surface area contributed by atoms with E-state index in [4.69, 9.17) is 23.2 Å². The molecule has 1 aliphatic heterocycles. The second kappa shape index (κ2) is 4.28. The monoisotopic (exact) mass is 254 g/mol. The lowest BCUT2D eigenvalue weighted by atomic mass is 10.1. The molecule has 1 N–H and O–H groups in total. The van der Waals surface area contributed by atoms with Gasteiger partial charge in [0.1, 0.15) is 0 Å². The lowest BCUT2D eigenvalue weighted by Crippen LogP contribution is -2.12. The first-order chi connectivity index (χ1) is 7.58. The molecule has 0 radical (unpaired) electrons. The van der Waals surface area contributed by atoms with Crippen molar-refractivity contribution in [2.45, 2.75) is 6.92 Å². The highest BCUT2D eigenvalue weighted by molar-refractivity contribution is 6.36. The summed E-state index contributed by atoms with van der Waals surface area (Å²) in [5, 5.41) is 4.89. The maximum Gasteiger partial charge on any atom is 0.273 e. The number of halogens is 2. The molecule has 0 unspecified atom stereocenters. The summed E-state index contributed by atoms with van der Waals surface area (Å²) in [5.74, 6) is -0.219. The van der Waals surface area contributed by atoms with Crippen LogP contribution in [0.3, 0.4) is 0 Å². The van der Waals surface area contributed by atoms with Crippen LogP contribution in [0.25, 0.3) is 6.08 Å². The predicted octanol–water partition coefficient (Wildman–Crippen LogP) is 2.88. The van der Waals surface area contributed by atoms with Gasteiger partial charge in [0.15, 0.2) is 0 Å². The first kappa shape index (κ1) is 11.2. The average Bonchev–Trinajstić information content (AvgIpc) is 2.53. The summed E-state index contributed by atoms with van der Waals surface area (Å²) in [5.41, 5.74) is 4.29. The third kappa shape index (κ3) is 2.10. The number of hydrazone groups is 1. The molecule has 82 valence electrons. The van der Waals surface area contributed by atoms with E-state index >= 15 is 0 Å². The van der Waals surface area contributed by atoms with E-state index in [0.717, 1.165) is 5.56 Å². The normalized spacial score (nSPS) is 17.6. The summed E-state index contributed by atoms with van der Waals surface area (Å²) in [6, 6.07) is 5.12. The molecule has 0 saturated heterocycles. The van der Waals surface area contributed by atoms with Crippen LogP contribution in [-0.4, -0.2) is 11.6 Å². The third-order valence-corrected chi connectivity index (χ3v) is 2.78. The van der Waals surface area contributed by atoms with Crippen LogP contribution in [0.15, 0.2) is 28.9 Å². The number of rotatable bonds is 1. The molecule has 0 bridgehead atoms. The van der Waals surface area contributed by atoms with Gasteiger partial charge in [-0.1, -0.05) is 29.3 Å². The molecule has 0 atom stereocenters. The molecule has 0 aromatic heterocycles. The van der Waals surface area contributed by atoms with Gasteiger partial charge in [0.25, 0.3) is 5.91 Å². The van der Waals surface area contributed by atoms with Crippen molar-refractivity contribution in [3.8, 4) is 0 Å². The Kier molecular flexibility index (Phi) is 2.99. The summed E-state index contributed by atoms with van der Waals surface area (Å²) in [4.78, 5) is 11.4. The number of carbonyl (C=O) groups is 1. The fourth-order valence-corrected chi connectivity index (χ4v) is 1.83. The van der Waals surface area contributed by atoms with Crippen molar-refractivity contribution in [1.82, 2.24) is 5.43 Å². The molecular weight excluding hydrogens is 247 g/mol. The molecule has 2 rings (SSSR count). The number of hydrogen-bond acceptors (Lipinski definition) is 2. The van der Waals surface area contributed by atoms with Crippen molar-refractivity contribution in [3.05, 3.63) is 39.4 Å². The zero-order valence-electron chi connectivity index (χ0n) is 8.42. The second-order valence-corrected chi connectivity index (χ2v) is 4.21. The summed E-state index contributed by atoms with van der Waals surface area (Å²) in [7, 11) is 0. The van der Waals surface area contributed by atoms with Crippen molar-refractivity contribution in [2.24, 2.45) is 5.10 Å². The van der Waals surface area contributed by atoms with Gasteiger partial charge in [-0.3, -0.25) is 4.79 Å². The van der Waals surface area contributed by atoms with Gasteiger partial charge >= 0.3 is 0 Å². The maximum absolute atomic E-state index is 11.4. The van der Waals surface area contributed by atoms with Gasteiger partial charge in [-0.05, 0) is 30.7 Å². The second-order valence-electron chi connectivity index (χ2n) is 3.36. The molecule has 1 aromatic rings. The van der Waals surface area contributed by atoms with E-state index in [1.54, 1.807) is 31.2 Å². The number of hydrogen-bond donors (Lipinski definition) is 1. The minimum Gasteiger partial charge on any atom is -0.267 e. The Hall–Kier alpha value is -1.32. The van der Waals surface area contributed by atoms with Gasteiger partial charge in [-0.25, -0.2) is 5.43 Å². The Bertz CT molecular complexity index is 521. The minimum atomic E-state index is -0.219. The Morgan fingerprint density at radius 2 is 2.12 bits per heavy atom. The van der Waals surface area contributed by atoms with Crippen molar-refractivity contribution >= 4 is 40.9 Å². The van der Waals surface area contributed by atoms with Crippen LogP contribution in [0.4, 0.5) is 0 Å². The Morgan fingerprint density at radius 1 is 1.38 bits per heavy atom. The SMILES string of the molecule is CC1=NNC(=O)/C1=C\c1ccc(Cl)cc1Cl. The number of nitrogens with one attached hydrogen (secondary N) is 1. The van der Waals surface area contributed by atoms with Gasteiger partial charge in [-0.2, -0.15) is 5.10 Å². The summed E-state index contributed by atoms with van der Waals surface area (Å²) < 4.78 is 0. The van der Waals surface area contributed by atoms with Crippen LogP contribution in [0.2, 0.25) is 10.0 Å². The first-order valence-electron chi connectivity index (χ1n) is 4.59. The molecular formula is C11H8Cl2N2O. The number of benzene rings is 1. The molecule has 1 aliphatic rings.